The highest BCUT2D eigenvalue weighted by Gasteiger charge is 2.29. The minimum Gasteiger partial charge on any atom is -0.465 e. The van der Waals surface area contributed by atoms with Crippen molar-refractivity contribution >= 4 is 23.3 Å². The predicted octanol–water partition coefficient (Wildman–Crippen LogP) is 4.75. The number of aromatic nitrogens is 1. The lowest BCUT2D eigenvalue weighted by molar-refractivity contribution is -0.383. The zero-order chi connectivity index (χ0) is 23.9. The van der Waals surface area contributed by atoms with Crippen LogP contribution in [-0.2, 0) is 13.1 Å². The number of amides is 1. The van der Waals surface area contributed by atoms with Crippen LogP contribution in [0.5, 0.6) is 0 Å². The number of pyridine rings is 1. The van der Waals surface area contributed by atoms with Crippen LogP contribution in [0.3, 0.4) is 0 Å². The molecule has 2 heterocycles. The number of piperidine rings is 1. The van der Waals surface area contributed by atoms with Crippen molar-refractivity contribution in [1.29, 1.82) is 0 Å². The molecule has 0 radical (unpaired) electrons. The lowest BCUT2D eigenvalue weighted by atomic mass is 10.1. The van der Waals surface area contributed by atoms with Gasteiger partial charge in [0, 0.05) is 38.4 Å². The minimum atomic E-state index is -0.978. The summed E-state index contributed by atoms with van der Waals surface area (Å²) in [4.78, 5) is 30.9. The van der Waals surface area contributed by atoms with Gasteiger partial charge in [-0.1, -0.05) is 60.7 Å². The molecule has 1 atom stereocenters. The first kappa shape index (κ1) is 23.0. The van der Waals surface area contributed by atoms with E-state index in [1.54, 1.807) is 12.3 Å². The predicted molar refractivity (Wildman–Crippen MR) is 130 cm³/mol. The largest absolute Gasteiger partial charge is 0.465 e. The topological polar surface area (TPSA) is 112 Å². The molecule has 1 aliphatic heterocycles. The minimum absolute atomic E-state index is 0.109. The summed E-state index contributed by atoms with van der Waals surface area (Å²) in [6.07, 6.45) is 2.01. The van der Waals surface area contributed by atoms with Crippen LogP contribution in [0.2, 0.25) is 0 Å². The van der Waals surface area contributed by atoms with E-state index in [1.807, 2.05) is 65.6 Å². The van der Waals surface area contributed by atoms with Crippen LogP contribution in [0.1, 0.15) is 24.0 Å². The van der Waals surface area contributed by atoms with Gasteiger partial charge in [0.2, 0.25) is 5.82 Å². The highest BCUT2D eigenvalue weighted by molar-refractivity contribution is 5.74. The van der Waals surface area contributed by atoms with Crippen molar-refractivity contribution in [3.63, 3.8) is 0 Å². The zero-order valence-electron chi connectivity index (χ0n) is 18.7. The van der Waals surface area contributed by atoms with Gasteiger partial charge in [-0.05, 0) is 30.0 Å². The van der Waals surface area contributed by atoms with Gasteiger partial charge in [0.1, 0.15) is 5.69 Å². The molecule has 9 heteroatoms. The second kappa shape index (κ2) is 10.7. The van der Waals surface area contributed by atoms with Crippen LogP contribution in [0.25, 0.3) is 0 Å². The third kappa shape index (κ3) is 5.61. The molecule has 1 amide bonds. The molecule has 0 saturated carbocycles. The SMILES string of the molecule is O=C(O)N1CCC[C@@H](Nc2ccnc(N(Cc3ccccc3)Cc3ccccc3)c2[N+](=O)[O-])C1. The number of carbonyl (C=O) groups is 1. The normalized spacial score (nSPS) is 15.5. The first-order valence-corrected chi connectivity index (χ1v) is 11.2. The molecule has 9 nitrogen and oxygen atoms in total. The molecule has 1 saturated heterocycles. The van der Waals surface area contributed by atoms with Crippen molar-refractivity contribution < 1.29 is 14.8 Å². The number of benzene rings is 2. The van der Waals surface area contributed by atoms with Crippen LogP contribution in [-0.4, -0.2) is 45.1 Å². The van der Waals surface area contributed by atoms with Gasteiger partial charge in [0.25, 0.3) is 0 Å². The summed E-state index contributed by atoms with van der Waals surface area (Å²) in [6.45, 7) is 1.65. The molecule has 34 heavy (non-hydrogen) atoms. The summed E-state index contributed by atoms with van der Waals surface area (Å²) in [5, 5.41) is 24.8. The first-order valence-electron chi connectivity index (χ1n) is 11.2. The lowest BCUT2D eigenvalue weighted by Gasteiger charge is -2.32. The van der Waals surface area contributed by atoms with Gasteiger partial charge in [-0.25, -0.2) is 9.78 Å². The highest BCUT2D eigenvalue weighted by Crippen LogP contribution is 2.36. The summed E-state index contributed by atoms with van der Waals surface area (Å²) in [6, 6.07) is 20.9. The van der Waals surface area contributed by atoms with Gasteiger partial charge in [-0.3, -0.25) is 10.1 Å². The Kier molecular flexibility index (Phi) is 7.22. The van der Waals surface area contributed by atoms with Crippen molar-refractivity contribution in [3.8, 4) is 0 Å². The summed E-state index contributed by atoms with van der Waals surface area (Å²) in [5.74, 6) is 0.272. The van der Waals surface area contributed by atoms with Gasteiger partial charge in [-0.2, -0.15) is 0 Å². The third-order valence-corrected chi connectivity index (χ3v) is 5.87. The van der Waals surface area contributed by atoms with Crippen LogP contribution in [0.15, 0.2) is 72.9 Å². The Morgan fingerprint density at radius 2 is 1.71 bits per heavy atom. The van der Waals surface area contributed by atoms with E-state index < -0.39 is 11.0 Å². The maximum atomic E-state index is 12.3. The first-order chi connectivity index (χ1) is 16.5. The van der Waals surface area contributed by atoms with E-state index in [0.717, 1.165) is 17.5 Å². The Hall–Kier alpha value is -4.14. The molecule has 0 spiro atoms. The molecule has 0 unspecified atom stereocenters. The Morgan fingerprint density at radius 3 is 2.26 bits per heavy atom. The van der Waals surface area contributed by atoms with Gasteiger partial charge < -0.3 is 20.2 Å². The van der Waals surface area contributed by atoms with Gasteiger partial charge in [-0.15, -0.1) is 0 Å². The van der Waals surface area contributed by atoms with Crippen molar-refractivity contribution in [3.05, 3.63) is 94.2 Å². The van der Waals surface area contributed by atoms with Crippen molar-refractivity contribution in [2.24, 2.45) is 0 Å². The molecule has 0 bridgehead atoms. The second-order valence-corrected chi connectivity index (χ2v) is 8.33. The molecular weight excluding hydrogens is 434 g/mol. The fraction of sp³-hybridized carbons (Fsp3) is 0.280. The maximum absolute atomic E-state index is 12.3. The average molecular weight is 462 g/mol. The van der Waals surface area contributed by atoms with E-state index in [4.69, 9.17) is 0 Å². The zero-order valence-corrected chi connectivity index (χ0v) is 18.7. The molecule has 2 N–H and O–H groups in total. The molecule has 2 aromatic carbocycles. The molecule has 176 valence electrons. The van der Waals surface area contributed by atoms with Crippen molar-refractivity contribution in [2.75, 3.05) is 23.3 Å². The third-order valence-electron chi connectivity index (χ3n) is 5.87. The quantitative estimate of drug-likeness (QED) is 0.368. The number of rotatable bonds is 8. The van der Waals surface area contributed by atoms with Crippen LogP contribution in [0, 0.1) is 10.1 Å². The fourth-order valence-electron chi connectivity index (χ4n) is 4.27. The van der Waals surface area contributed by atoms with E-state index in [9.17, 15) is 20.0 Å². The van der Waals surface area contributed by atoms with Crippen LogP contribution in [0.4, 0.5) is 22.0 Å². The number of nitrogens with one attached hydrogen (secondary N) is 1. The van der Waals surface area contributed by atoms with Gasteiger partial charge >= 0.3 is 11.8 Å². The van der Waals surface area contributed by atoms with E-state index in [2.05, 4.69) is 10.3 Å². The lowest BCUT2D eigenvalue weighted by Crippen LogP contribution is -2.44. The summed E-state index contributed by atoms with van der Waals surface area (Å²) in [7, 11) is 0. The number of hydrogen-bond acceptors (Lipinski definition) is 6. The second-order valence-electron chi connectivity index (χ2n) is 8.33. The highest BCUT2D eigenvalue weighted by atomic mass is 16.6. The molecule has 1 fully saturated rings. The van der Waals surface area contributed by atoms with Crippen molar-refractivity contribution in [2.45, 2.75) is 32.0 Å². The van der Waals surface area contributed by atoms with Crippen molar-refractivity contribution in [1.82, 2.24) is 9.88 Å². The number of anilines is 2. The van der Waals surface area contributed by atoms with Crippen LogP contribution >= 0.6 is 0 Å². The van der Waals surface area contributed by atoms with E-state index >= 15 is 0 Å². The summed E-state index contributed by atoms with van der Waals surface area (Å²) >= 11 is 0. The Bertz CT molecular complexity index is 1090. The fourth-order valence-corrected chi connectivity index (χ4v) is 4.27. The number of nitro groups is 1. The van der Waals surface area contributed by atoms with E-state index in [0.29, 0.717) is 31.7 Å². The molecule has 1 aromatic heterocycles. The smallest absolute Gasteiger partial charge is 0.407 e. The standard InChI is InChI=1S/C25H27N5O4/c31-25(32)28-15-7-12-21(18-28)27-22-13-14-26-24(23(22)30(33)34)29(16-19-8-3-1-4-9-19)17-20-10-5-2-6-11-20/h1-6,8-11,13-14,21H,7,12,15-18H2,(H,26,27)(H,31,32)/t21-/m1/s1. The van der Waals surface area contributed by atoms with Gasteiger partial charge in [0.05, 0.1) is 4.92 Å². The van der Waals surface area contributed by atoms with E-state index in [1.165, 1.54) is 4.90 Å². The van der Waals surface area contributed by atoms with Gasteiger partial charge in [0.15, 0.2) is 0 Å². The molecule has 3 aromatic rings. The van der Waals surface area contributed by atoms with Crippen LogP contribution < -0.4 is 10.2 Å². The molecule has 0 aliphatic carbocycles. The summed E-state index contributed by atoms with van der Waals surface area (Å²) in [5.41, 5.74) is 2.26. The van der Waals surface area contributed by atoms with E-state index in [-0.39, 0.29) is 24.1 Å². The molecular formula is C25H27N5O4. The number of likely N-dealkylation sites (tertiary alicyclic amines) is 1. The Morgan fingerprint density at radius 1 is 1.09 bits per heavy atom. The number of nitrogens with zero attached hydrogens (tertiary/aromatic N) is 4. The average Bonchev–Trinajstić information content (AvgIpc) is 2.85. The Balaban J connectivity index is 1.67. The summed E-state index contributed by atoms with van der Waals surface area (Å²) < 4.78 is 0. The maximum Gasteiger partial charge on any atom is 0.407 e. The molecule has 4 rings (SSSR count). The Labute approximate surface area is 197 Å². The number of carboxylic acid groups (broad SMARTS) is 1. The monoisotopic (exact) mass is 461 g/mol. The number of hydrogen-bond donors (Lipinski definition) is 2. The molecule has 1 aliphatic rings.